The zero-order valence-electron chi connectivity index (χ0n) is 14.0. The van der Waals surface area contributed by atoms with E-state index in [1.165, 1.54) is 0 Å². The van der Waals surface area contributed by atoms with Gasteiger partial charge in [-0.3, -0.25) is 9.69 Å². The number of amides is 1. The first kappa shape index (κ1) is 16.3. The third-order valence-electron chi connectivity index (χ3n) is 4.28. The van der Waals surface area contributed by atoms with Crippen molar-refractivity contribution >= 4 is 16.9 Å². The second kappa shape index (κ2) is 7.31. The third-order valence-corrected chi connectivity index (χ3v) is 4.28. The predicted octanol–water partition coefficient (Wildman–Crippen LogP) is 2.97. The molecular weight excluding hydrogens is 304 g/mol. The topological polar surface area (TPSA) is 74.2 Å². The van der Waals surface area contributed by atoms with E-state index < -0.39 is 0 Å². The lowest BCUT2D eigenvalue weighted by Crippen LogP contribution is -2.38. The van der Waals surface area contributed by atoms with Crippen molar-refractivity contribution in [3.8, 4) is 0 Å². The Kier molecular flexibility index (Phi) is 4.96. The Morgan fingerprint density at radius 2 is 2.12 bits per heavy atom. The van der Waals surface area contributed by atoms with Gasteiger partial charge in [0.1, 0.15) is 11.3 Å². The number of para-hydroxylation sites is 1. The van der Waals surface area contributed by atoms with Crippen molar-refractivity contribution in [3.63, 3.8) is 0 Å². The van der Waals surface area contributed by atoms with E-state index in [4.69, 9.17) is 4.42 Å². The van der Waals surface area contributed by atoms with Crippen LogP contribution in [0.1, 0.15) is 36.0 Å². The number of carbonyl (C=O) groups excluding carboxylic acids is 1. The first-order valence-electron chi connectivity index (χ1n) is 8.22. The maximum atomic E-state index is 12.6. The zero-order valence-corrected chi connectivity index (χ0v) is 14.0. The molecule has 0 radical (unpaired) electrons. The number of aromatic amines is 1. The number of nitrogens with one attached hydrogen (secondary N) is 2. The lowest BCUT2D eigenvalue weighted by molar-refractivity contribution is 0.0931. The highest BCUT2D eigenvalue weighted by molar-refractivity contribution is 6.04. The minimum absolute atomic E-state index is 0.0114. The smallest absolute Gasteiger partial charge is 0.253 e. The van der Waals surface area contributed by atoms with E-state index in [1.54, 1.807) is 18.7 Å². The summed E-state index contributed by atoms with van der Waals surface area (Å²) in [5, 5.41) is 3.02. The van der Waals surface area contributed by atoms with Crippen LogP contribution in [0.4, 0.5) is 0 Å². The number of carbonyl (C=O) groups is 1. The summed E-state index contributed by atoms with van der Waals surface area (Å²) in [4.78, 5) is 22.1. The van der Waals surface area contributed by atoms with E-state index >= 15 is 0 Å². The maximum Gasteiger partial charge on any atom is 0.253 e. The normalized spacial score (nSPS) is 12.6. The summed E-state index contributed by atoms with van der Waals surface area (Å²) in [6, 6.07) is 9.38. The molecule has 126 valence electrons. The highest BCUT2D eigenvalue weighted by Gasteiger charge is 2.22. The molecule has 0 saturated carbocycles. The van der Waals surface area contributed by atoms with E-state index in [1.807, 2.05) is 24.3 Å². The Morgan fingerprint density at radius 3 is 2.83 bits per heavy atom. The summed E-state index contributed by atoms with van der Waals surface area (Å²) in [6.07, 6.45) is 3.26. The predicted molar refractivity (Wildman–Crippen MR) is 92.8 cm³/mol. The minimum Gasteiger partial charge on any atom is -0.468 e. The average molecular weight is 326 g/mol. The fourth-order valence-corrected chi connectivity index (χ4v) is 2.99. The Balaban J connectivity index is 1.77. The third kappa shape index (κ3) is 3.19. The van der Waals surface area contributed by atoms with Gasteiger partial charge in [0.25, 0.3) is 5.91 Å². The van der Waals surface area contributed by atoms with Crippen LogP contribution in [0.3, 0.4) is 0 Å². The molecule has 1 aromatic carbocycles. The summed E-state index contributed by atoms with van der Waals surface area (Å²) in [6.45, 7) is 6.45. The van der Waals surface area contributed by atoms with Gasteiger partial charge in [-0.25, -0.2) is 4.98 Å². The van der Waals surface area contributed by atoms with Gasteiger partial charge in [0.2, 0.25) is 0 Å². The highest BCUT2D eigenvalue weighted by Crippen LogP contribution is 2.21. The molecule has 0 aliphatic carbocycles. The molecule has 0 unspecified atom stereocenters. The number of aromatic nitrogens is 2. The Morgan fingerprint density at radius 1 is 1.29 bits per heavy atom. The van der Waals surface area contributed by atoms with Crippen molar-refractivity contribution in [2.45, 2.75) is 19.9 Å². The molecule has 2 heterocycles. The summed E-state index contributed by atoms with van der Waals surface area (Å²) >= 11 is 0. The summed E-state index contributed by atoms with van der Waals surface area (Å²) < 4.78 is 5.57. The molecule has 0 spiro atoms. The van der Waals surface area contributed by atoms with Crippen molar-refractivity contribution in [3.05, 3.63) is 54.2 Å². The van der Waals surface area contributed by atoms with Crippen LogP contribution >= 0.6 is 0 Å². The Labute approximate surface area is 140 Å². The number of fused-ring (bicyclic) bond motifs is 1. The van der Waals surface area contributed by atoms with Gasteiger partial charge in [-0.2, -0.15) is 0 Å². The molecular formula is C18H22N4O2. The van der Waals surface area contributed by atoms with Gasteiger partial charge in [0.05, 0.1) is 29.7 Å². The van der Waals surface area contributed by atoms with Crippen LogP contribution in [-0.4, -0.2) is 40.4 Å². The molecule has 24 heavy (non-hydrogen) atoms. The second-order valence-corrected chi connectivity index (χ2v) is 5.57. The molecule has 2 N–H and O–H groups in total. The van der Waals surface area contributed by atoms with Gasteiger partial charge in [-0.1, -0.05) is 19.9 Å². The fourth-order valence-electron chi connectivity index (χ4n) is 2.99. The van der Waals surface area contributed by atoms with Crippen LogP contribution < -0.4 is 5.32 Å². The Bertz CT molecular complexity index is 790. The monoisotopic (exact) mass is 326 g/mol. The van der Waals surface area contributed by atoms with Crippen LogP contribution in [0.5, 0.6) is 0 Å². The lowest BCUT2D eigenvalue weighted by Gasteiger charge is -2.28. The zero-order chi connectivity index (χ0) is 16.9. The van der Waals surface area contributed by atoms with Gasteiger partial charge in [0.15, 0.2) is 0 Å². The summed E-state index contributed by atoms with van der Waals surface area (Å²) in [5.41, 5.74) is 2.12. The SMILES string of the molecule is CCN(CC)[C@H](CNC(=O)c1cccc2[nH]cnc12)c1ccco1. The van der Waals surface area contributed by atoms with Crippen molar-refractivity contribution in [1.29, 1.82) is 0 Å². The number of rotatable bonds is 7. The number of nitrogens with zero attached hydrogens (tertiary/aromatic N) is 2. The first-order valence-corrected chi connectivity index (χ1v) is 8.22. The molecule has 2 aromatic heterocycles. The van der Waals surface area contributed by atoms with Gasteiger partial charge in [0, 0.05) is 6.54 Å². The van der Waals surface area contributed by atoms with Crippen molar-refractivity contribution in [2.24, 2.45) is 0 Å². The van der Waals surface area contributed by atoms with Gasteiger partial charge >= 0.3 is 0 Å². The molecule has 6 nitrogen and oxygen atoms in total. The molecule has 0 bridgehead atoms. The number of imidazole rings is 1. The van der Waals surface area contributed by atoms with Gasteiger partial charge < -0.3 is 14.7 Å². The van der Waals surface area contributed by atoms with Crippen LogP contribution in [0.15, 0.2) is 47.3 Å². The van der Waals surface area contributed by atoms with Crippen LogP contribution in [-0.2, 0) is 0 Å². The van der Waals surface area contributed by atoms with Crippen LogP contribution in [0, 0.1) is 0 Å². The van der Waals surface area contributed by atoms with E-state index in [0.717, 1.165) is 24.4 Å². The minimum atomic E-state index is -0.128. The summed E-state index contributed by atoms with van der Waals surface area (Å²) in [7, 11) is 0. The number of likely N-dealkylation sites (N-methyl/N-ethyl adjacent to an activating group) is 1. The van der Waals surface area contributed by atoms with Crippen molar-refractivity contribution < 1.29 is 9.21 Å². The van der Waals surface area contributed by atoms with E-state index in [-0.39, 0.29) is 11.9 Å². The standard InChI is InChI=1S/C18H22N4O2/c1-3-22(4-2)15(16-9-6-10-24-16)11-19-18(23)13-7-5-8-14-17(13)21-12-20-14/h5-10,12,15H,3-4,11H2,1-2H3,(H,19,23)(H,20,21)/t15-/m1/s1. The molecule has 0 aliphatic rings. The maximum absolute atomic E-state index is 12.6. The van der Waals surface area contributed by atoms with Crippen LogP contribution in [0.2, 0.25) is 0 Å². The molecule has 1 atom stereocenters. The van der Waals surface area contributed by atoms with Gasteiger partial charge in [-0.05, 0) is 37.4 Å². The van der Waals surface area contributed by atoms with Crippen molar-refractivity contribution in [1.82, 2.24) is 20.2 Å². The van der Waals surface area contributed by atoms with E-state index in [0.29, 0.717) is 17.6 Å². The average Bonchev–Trinajstić information content (AvgIpc) is 3.29. The Hall–Kier alpha value is -2.60. The number of hydrogen-bond acceptors (Lipinski definition) is 4. The molecule has 0 fully saturated rings. The largest absolute Gasteiger partial charge is 0.468 e. The van der Waals surface area contributed by atoms with Crippen molar-refractivity contribution in [2.75, 3.05) is 19.6 Å². The number of furan rings is 1. The number of H-pyrrole nitrogens is 1. The molecule has 3 aromatic rings. The van der Waals surface area contributed by atoms with Crippen LogP contribution in [0.25, 0.3) is 11.0 Å². The first-order chi connectivity index (χ1) is 11.7. The molecule has 0 aliphatic heterocycles. The molecule has 0 saturated heterocycles. The number of benzene rings is 1. The van der Waals surface area contributed by atoms with E-state index in [2.05, 4.69) is 34.0 Å². The molecule has 3 rings (SSSR count). The quantitative estimate of drug-likeness (QED) is 0.700. The second-order valence-electron chi connectivity index (χ2n) is 5.57. The summed E-state index contributed by atoms with van der Waals surface area (Å²) in [5.74, 6) is 0.730. The van der Waals surface area contributed by atoms with Gasteiger partial charge in [-0.15, -0.1) is 0 Å². The molecule has 1 amide bonds. The molecule has 6 heteroatoms. The number of hydrogen-bond donors (Lipinski definition) is 2. The van der Waals surface area contributed by atoms with E-state index in [9.17, 15) is 4.79 Å². The lowest BCUT2D eigenvalue weighted by atomic mass is 10.1. The fraction of sp³-hybridized carbons (Fsp3) is 0.333. The highest BCUT2D eigenvalue weighted by atomic mass is 16.3.